The summed E-state index contributed by atoms with van der Waals surface area (Å²) in [6.45, 7) is 0. The van der Waals surface area contributed by atoms with Crippen molar-refractivity contribution in [2.45, 2.75) is 43.7 Å². The number of allylic oxidation sites excluding steroid dienone is 4. The molecule has 0 spiro atoms. The number of rotatable bonds is 2. The Bertz CT molecular complexity index is 355. The minimum atomic E-state index is -6.27. The molecule has 0 heterocycles. The number of alkyl halides is 7. The SMILES string of the molecule is FC(F)(F)C(F)(F)C(F)(F)C1=CCCC=CCC1.[Pt]. The van der Waals surface area contributed by atoms with Crippen LogP contribution in [0.3, 0.4) is 0 Å². The van der Waals surface area contributed by atoms with E-state index in [0.29, 0.717) is 6.42 Å². The predicted octanol–water partition coefficient (Wildman–Crippen LogP) is 4.87. The van der Waals surface area contributed by atoms with Gasteiger partial charge in [0.2, 0.25) is 0 Å². The molecule has 0 fully saturated rings. The molecule has 0 aromatic carbocycles. The molecule has 0 unspecified atom stereocenters. The second kappa shape index (κ2) is 6.42. The Morgan fingerprint density at radius 1 is 0.789 bits per heavy atom. The first-order valence-corrected chi connectivity index (χ1v) is 5.27. The minimum Gasteiger partial charge on any atom is -0.194 e. The van der Waals surface area contributed by atoms with Gasteiger partial charge >= 0.3 is 18.0 Å². The third kappa shape index (κ3) is 3.83. The summed E-state index contributed by atoms with van der Waals surface area (Å²) in [6.07, 6.45) is -2.43. The predicted molar refractivity (Wildman–Crippen MR) is 51.6 cm³/mol. The van der Waals surface area contributed by atoms with E-state index in [2.05, 4.69) is 0 Å². The second-order valence-corrected chi connectivity index (χ2v) is 3.96. The molecule has 1 rings (SSSR count). The molecular weight excluding hydrogens is 460 g/mol. The molecule has 0 aromatic rings. The first-order valence-electron chi connectivity index (χ1n) is 5.27. The van der Waals surface area contributed by atoms with Gasteiger partial charge in [0, 0.05) is 26.6 Å². The summed E-state index contributed by atoms with van der Waals surface area (Å²) < 4.78 is 88.2. The normalized spacial score (nSPS) is 18.2. The van der Waals surface area contributed by atoms with Crippen molar-refractivity contribution in [3.05, 3.63) is 23.8 Å². The average molecular weight is 471 g/mol. The van der Waals surface area contributed by atoms with Gasteiger partial charge in [-0.05, 0) is 25.7 Å². The summed E-state index contributed by atoms with van der Waals surface area (Å²) >= 11 is 0. The zero-order valence-corrected chi connectivity index (χ0v) is 11.8. The van der Waals surface area contributed by atoms with Crippen LogP contribution < -0.4 is 0 Å². The average Bonchev–Trinajstić information content (AvgIpc) is 2.13. The summed E-state index contributed by atoms with van der Waals surface area (Å²) in [5.74, 6) is -11.2. The molecule has 1 aliphatic rings. The van der Waals surface area contributed by atoms with Crippen LogP contribution in [0.15, 0.2) is 23.8 Å². The summed E-state index contributed by atoms with van der Waals surface area (Å²) in [5, 5.41) is 0. The Kier molecular flexibility index (Phi) is 6.31. The van der Waals surface area contributed by atoms with Crippen molar-refractivity contribution in [1.82, 2.24) is 0 Å². The van der Waals surface area contributed by atoms with Gasteiger partial charge in [0.05, 0.1) is 0 Å². The van der Waals surface area contributed by atoms with Crippen molar-refractivity contribution < 1.29 is 51.8 Å². The second-order valence-electron chi connectivity index (χ2n) is 3.96. The molecule has 0 saturated heterocycles. The van der Waals surface area contributed by atoms with E-state index < -0.39 is 30.0 Å². The van der Waals surface area contributed by atoms with Crippen LogP contribution in [0, 0.1) is 0 Å². The molecule has 1 aliphatic carbocycles. The van der Waals surface area contributed by atoms with Gasteiger partial charge in [-0.3, -0.25) is 0 Å². The fourth-order valence-electron chi connectivity index (χ4n) is 1.60. The van der Waals surface area contributed by atoms with E-state index in [-0.39, 0.29) is 33.9 Å². The molecule has 0 N–H and O–H groups in total. The number of hydrogen-bond acceptors (Lipinski definition) is 0. The van der Waals surface area contributed by atoms with Crippen LogP contribution in [0.5, 0.6) is 0 Å². The molecule has 19 heavy (non-hydrogen) atoms. The van der Waals surface area contributed by atoms with Crippen LogP contribution in [-0.4, -0.2) is 18.0 Å². The molecule has 0 saturated carbocycles. The zero-order valence-electron chi connectivity index (χ0n) is 9.52. The maximum absolute atomic E-state index is 13.3. The van der Waals surface area contributed by atoms with Crippen LogP contribution in [-0.2, 0) is 21.1 Å². The summed E-state index contributed by atoms with van der Waals surface area (Å²) in [6, 6.07) is 0. The van der Waals surface area contributed by atoms with E-state index >= 15 is 0 Å². The minimum absolute atomic E-state index is 0. The maximum atomic E-state index is 13.3. The van der Waals surface area contributed by atoms with Gasteiger partial charge < -0.3 is 0 Å². The fraction of sp³-hybridized carbons (Fsp3) is 0.636. The maximum Gasteiger partial charge on any atom is 0.460 e. The number of halogens is 7. The number of hydrogen-bond donors (Lipinski definition) is 0. The largest absolute Gasteiger partial charge is 0.460 e. The molecule has 0 amide bonds. The monoisotopic (exact) mass is 471 g/mol. The summed E-state index contributed by atoms with van der Waals surface area (Å²) in [7, 11) is 0. The van der Waals surface area contributed by atoms with Crippen molar-refractivity contribution >= 4 is 0 Å². The molecule has 0 radical (unpaired) electrons. The quantitative estimate of drug-likeness (QED) is 0.398. The van der Waals surface area contributed by atoms with Crippen LogP contribution in [0.2, 0.25) is 0 Å². The van der Waals surface area contributed by atoms with Gasteiger partial charge in [0.1, 0.15) is 0 Å². The van der Waals surface area contributed by atoms with Crippen LogP contribution in [0.4, 0.5) is 30.7 Å². The van der Waals surface area contributed by atoms with Crippen LogP contribution in [0.1, 0.15) is 25.7 Å². The van der Waals surface area contributed by atoms with Crippen molar-refractivity contribution in [3.63, 3.8) is 0 Å². The fourth-order valence-corrected chi connectivity index (χ4v) is 1.60. The molecule has 0 atom stereocenters. The van der Waals surface area contributed by atoms with Gasteiger partial charge in [-0.1, -0.05) is 18.2 Å². The third-order valence-corrected chi connectivity index (χ3v) is 2.62. The van der Waals surface area contributed by atoms with Gasteiger partial charge in [-0.25, -0.2) is 0 Å². The Morgan fingerprint density at radius 2 is 1.32 bits per heavy atom. The zero-order chi connectivity index (χ0) is 14.0. The Morgan fingerprint density at radius 3 is 1.84 bits per heavy atom. The van der Waals surface area contributed by atoms with Crippen molar-refractivity contribution in [2.75, 3.05) is 0 Å². The molecule has 114 valence electrons. The first-order chi connectivity index (χ1) is 8.11. The van der Waals surface area contributed by atoms with E-state index in [4.69, 9.17) is 0 Å². The topological polar surface area (TPSA) is 0 Å². The molecule has 8 heteroatoms. The van der Waals surface area contributed by atoms with Crippen LogP contribution >= 0.6 is 0 Å². The Balaban J connectivity index is 0.00000324. The van der Waals surface area contributed by atoms with Crippen molar-refractivity contribution in [3.8, 4) is 0 Å². The molecule has 0 nitrogen and oxygen atoms in total. The first kappa shape index (κ1) is 18.7. The van der Waals surface area contributed by atoms with Gasteiger partial charge in [-0.2, -0.15) is 30.7 Å². The Hall–Kier alpha value is -0.322. The third-order valence-electron chi connectivity index (χ3n) is 2.62. The van der Waals surface area contributed by atoms with Crippen LogP contribution in [0.25, 0.3) is 0 Å². The molecule has 0 aromatic heterocycles. The summed E-state index contributed by atoms with van der Waals surface area (Å²) in [4.78, 5) is 0. The van der Waals surface area contributed by atoms with Gasteiger partial charge in [0.25, 0.3) is 0 Å². The molecular formula is C11H11F7Pt. The van der Waals surface area contributed by atoms with E-state index in [1.54, 1.807) is 6.08 Å². The molecule has 0 bridgehead atoms. The van der Waals surface area contributed by atoms with Crippen molar-refractivity contribution in [1.29, 1.82) is 0 Å². The summed E-state index contributed by atoms with van der Waals surface area (Å²) in [5.41, 5.74) is -1.14. The standard InChI is InChI=1S/C11H11F7.Pt/c12-9(13,10(14,15)11(16,17)18)8-6-4-2-1-3-5-7-8;/h1-2,7H,3-6H2;. The van der Waals surface area contributed by atoms with E-state index in [0.717, 1.165) is 6.08 Å². The van der Waals surface area contributed by atoms with Gasteiger partial charge in [-0.15, -0.1) is 0 Å². The van der Waals surface area contributed by atoms with Gasteiger partial charge in [0.15, 0.2) is 0 Å². The Labute approximate surface area is 120 Å². The van der Waals surface area contributed by atoms with E-state index in [1.165, 1.54) is 6.08 Å². The molecule has 0 aliphatic heterocycles. The van der Waals surface area contributed by atoms with Crippen molar-refractivity contribution in [2.24, 2.45) is 0 Å². The van der Waals surface area contributed by atoms with E-state index in [9.17, 15) is 30.7 Å². The smallest absolute Gasteiger partial charge is 0.194 e. The van der Waals surface area contributed by atoms with E-state index in [1.807, 2.05) is 0 Å².